The summed E-state index contributed by atoms with van der Waals surface area (Å²) in [5.74, 6) is 0.800. The molecule has 3 rings (SSSR count). The summed E-state index contributed by atoms with van der Waals surface area (Å²) in [5, 5.41) is 0. The van der Waals surface area contributed by atoms with Crippen LogP contribution >= 0.6 is 38.5 Å². The molecule has 0 aromatic heterocycles. The molecule has 0 saturated heterocycles. The van der Waals surface area contributed by atoms with Gasteiger partial charge in [-0.25, -0.2) is 4.79 Å². The lowest BCUT2D eigenvalue weighted by atomic mass is 9.91. The van der Waals surface area contributed by atoms with Crippen molar-refractivity contribution in [2.75, 3.05) is 12.0 Å². The van der Waals surface area contributed by atoms with Gasteiger partial charge in [-0.05, 0) is 108 Å². The second-order valence-electron chi connectivity index (χ2n) is 7.57. The first-order valence-electron chi connectivity index (χ1n) is 8.83. The Labute approximate surface area is 182 Å². The van der Waals surface area contributed by atoms with Gasteiger partial charge in [-0.2, -0.15) is 0 Å². The van der Waals surface area contributed by atoms with Crippen molar-refractivity contribution < 1.29 is 14.3 Å². The molecule has 2 aromatic carbocycles. The van der Waals surface area contributed by atoms with Crippen molar-refractivity contribution >= 4 is 50.3 Å². The normalized spacial score (nSPS) is 16.7. The van der Waals surface area contributed by atoms with Gasteiger partial charge in [-0.15, -0.1) is 0 Å². The van der Waals surface area contributed by atoms with Gasteiger partial charge >= 0.3 is 6.09 Å². The first-order chi connectivity index (χ1) is 12.7. The summed E-state index contributed by atoms with van der Waals surface area (Å²) < 4.78 is 13.1. The number of hydrogen-bond donors (Lipinski definition) is 0. The lowest BCUT2D eigenvalue weighted by Gasteiger charge is -2.39. The minimum Gasteiger partial charge on any atom is -0.497 e. The molecule has 0 fully saturated rings. The largest absolute Gasteiger partial charge is 0.497 e. The van der Waals surface area contributed by atoms with E-state index in [1.54, 1.807) is 12.0 Å². The molecule has 6 heteroatoms. The maximum atomic E-state index is 13.2. The highest BCUT2D eigenvalue weighted by atomic mass is 127. The van der Waals surface area contributed by atoms with Gasteiger partial charge in [0, 0.05) is 8.04 Å². The van der Waals surface area contributed by atoms with E-state index in [4.69, 9.17) is 9.47 Å². The van der Waals surface area contributed by atoms with Crippen LogP contribution in [0.5, 0.6) is 5.75 Å². The molecule has 1 amide bonds. The van der Waals surface area contributed by atoms with Crippen molar-refractivity contribution in [2.45, 2.75) is 45.3 Å². The Balaban J connectivity index is 2.07. The average Bonchev–Trinajstić information content (AvgIpc) is 2.59. The number of benzene rings is 2. The molecule has 0 radical (unpaired) electrons. The topological polar surface area (TPSA) is 38.8 Å². The molecule has 0 spiro atoms. The highest BCUT2D eigenvalue weighted by Crippen LogP contribution is 2.44. The zero-order valence-corrected chi connectivity index (χ0v) is 19.6. The molecule has 2 aromatic rings. The van der Waals surface area contributed by atoms with Crippen LogP contribution in [0.15, 0.2) is 40.9 Å². The van der Waals surface area contributed by atoms with Gasteiger partial charge in [-0.3, -0.25) is 4.90 Å². The molecule has 0 N–H and O–H groups in total. The number of carbonyl (C=O) groups is 1. The van der Waals surface area contributed by atoms with E-state index < -0.39 is 5.60 Å². The van der Waals surface area contributed by atoms with Gasteiger partial charge in [-0.1, -0.05) is 12.1 Å². The zero-order chi connectivity index (χ0) is 19.8. The molecule has 1 aliphatic heterocycles. The second kappa shape index (κ2) is 7.99. The molecule has 0 bridgehead atoms. The molecular formula is C21H23BrINO3. The van der Waals surface area contributed by atoms with E-state index in [-0.39, 0.29) is 12.1 Å². The first-order valence-corrected chi connectivity index (χ1v) is 10.7. The first kappa shape index (κ1) is 20.5. The number of amides is 1. The van der Waals surface area contributed by atoms with E-state index in [1.807, 2.05) is 51.1 Å². The standard InChI is InChI=1S/C21H23BrINO3/c1-21(2,3)27-20(25)24-18(13-5-8-16(26-4)9-6-13)10-7-14-11-15(23)12-17(22)19(14)24/h5-6,8-9,11-12,18H,7,10H2,1-4H3. The van der Waals surface area contributed by atoms with E-state index in [9.17, 15) is 4.79 Å². The maximum Gasteiger partial charge on any atom is 0.415 e. The molecule has 1 aliphatic rings. The van der Waals surface area contributed by atoms with Crippen LogP contribution in [-0.2, 0) is 11.2 Å². The van der Waals surface area contributed by atoms with Gasteiger partial charge < -0.3 is 9.47 Å². The van der Waals surface area contributed by atoms with Crippen LogP contribution in [0.2, 0.25) is 0 Å². The predicted molar refractivity (Wildman–Crippen MR) is 120 cm³/mol. The highest BCUT2D eigenvalue weighted by Gasteiger charge is 2.36. The number of hydrogen-bond acceptors (Lipinski definition) is 3. The quantitative estimate of drug-likeness (QED) is 0.406. The highest BCUT2D eigenvalue weighted by molar-refractivity contribution is 14.1. The predicted octanol–water partition coefficient (Wildman–Crippen LogP) is 6.49. The SMILES string of the molecule is COc1ccc(C2CCc3cc(I)cc(Br)c3N2C(=O)OC(C)(C)C)cc1. The van der Waals surface area contributed by atoms with Gasteiger partial charge in [0.1, 0.15) is 11.4 Å². The Morgan fingerprint density at radius 2 is 1.89 bits per heavy atom. The van der Waals surface area contributed by atoms with Crippen molar-refractivity contribution in [1.82, 2.24) is 0 Å². The fraction of sp³-hybridized carbons (Fsp3) is 0.381. The molecule has 1 atom stereocenters. The molecule has 27 heavy (non-hydrogen) atoms. The Kier molecular flexibility index (Phi) is 6.05. The van der Waals surface area contributed by atoms with Crippen molar-refractivity contribution in [3.8, 4) is 5.75 Å². The Morgan fingerprint density at radius 3 is 2.48 bits per heavy atom. The van der Waals surface area contributed by atoms with Crippen molar-refractivity contribution in [1.29, 1.82) is 0 Å². The summed E-state index contributed by atoms with van der Waals surface area (Å²) >= 11 is 5.97. The number of fused-ring (bicyclic) bond motifs is 1. The van der Waals surface area contributed by atoms with Crippen LogP contribution in [-0.4, -0.2) is 18.8 Å². The summed E-state index contributed by atoms with van der Waals surface area (Å²) in [6.45, 7) is 5.67. The van der Waals surface area contributed by atoms with E-state index in [0.717, 1.165) is 43.4 Å². The Morgan fingerprint density at radius 1 is 1.22 bits per heavy atom. The van der Waals surface area contributed by atoms with Crippen LogP contribution in [0.1, 0.15) is 44.4 Å². The second-order valence-corrected chi connectivity index (χ2v) is 9.67. The Hall–Kier alpha value is -1.28. The molecule has 0 aliphatic carbocycles. The van der Waals surface area contributed by atoms with Gasteiger partial charge in [0.15, 0.2) is 0 Å². The lowest BCUT2D eigenvalue weighted by Crippen LogP contribution is -2.42. The van der Waals surface area contributed by atoms with Crippen LogP contribution in [0.3, 0.4) is 0 Å². The molecule has 1 heterocycles. The van der Waals surface area contributed by atoms with Crippen LogP contribution in [0, 0.1) is 3.57 Å². The summed E-state index contributed by atoms with van der Waals surface area (Å²) in [7, 11) is 1.65. The number of rotatable bonds is 2. The summed E-state index contributed by atoms with van der Waals surface area (Å²) in [6, 6.07) is 12.0. The molecule has 4 nitrogen and oxygen atoms in total. The third-order valence-electron chi connectivity index (χ3n) is 4.44. The number of carbonyl (C=O) groups excluding carboxylic acids is 1. The molecule has 144 valence electrons. The summed E-state index contributed by atoms with van der Waals surface area (Å²) in [5.41, 5.74) is 2.56. The smallest absolute Gasteiger partial charge is 0.415 e. The molecule has 0 saturated carbocycles. The van der Waals surface area contributed by atoms with Crippen molar-refractivity contribution in [2.24, 2.45) is 0 Å². The van der Waals surface area contributed by atoms with Crippen LogP contribution in [0.25, 0.3) is 0 Å². The fourth-order valence-electron chi connectivity index (χ4n) is 3.33. The average molecular weight is 544 g/mol. The fourth-order valence-corrected chi connectivity index (χ4v) is 5.14. The lowest BCUT2D eigenvalue weighted by molar-refractivity contribution is 0.0559. The molecule has 1 unspecified atom stereocenters. The van der Waals surface area contributed by atoms with Crippen molar-refractivity contribution in [3.05, 3.63) is 55.6 Å². The number of anilines is 1. The van der Waals surface area contributed by atoms with Crippen molar-refractivity contribution in [3.63, 3.8) is 0 Å². The van der Waals surface area contributed by atoms with Gasteiger partial charge in [0.25, 0.3) is 0 Å². The zero-order valence-electron chi connectivity index (χ0n) is 15.9. The van der Waals surface area contributed by atoms with Crippen LogP contribution in [0.4, 0.5) is 10.5 Å². The summed E-state index contributed by atoms with van der Waals surface area (Å²) in [4.78, 5) is 15.0. The minimum atomic E-state index is -0.561. The van der Waals surface area contributed by atoms with Crippen LogP contribution < -0.4 is 9.64 Å². The van der Waals surface area contributed by atoms with E-state index in [0.29, 0.717) is 0 Å². The third kappa shape index (κ3) is 4.59. The Bertz CT molecular complexity index is 846. The monoisotopic (exact) mass is 543 g/mol. The number of methoxy groups -OCH3 is 1. The van der Waals surface area contributed by atoms with E-state index in [2.05, 4.69) is 44.6 Å². The number of halogens is 2. The van der Waals surface area contributed by atoms with E-state index >= 15 is 0 Å². The number of nitrogens with zero attached hydrogens (tertiary/aromatic N) is 1. The van der Waals surface area contributed by atoms with Gasteiger partial charge in [0.05, 0.1) is 18.8 Å². The van der Waals surface area contributed by atoms with Gasteiger partial charge in [0.2, 0.25) is 0 Å². The third-order valence-corrected chi connectivity index (χ3v) is 5.66. The maximum absolute atomic E-state index is 13.2. The minimum absolute atomic E-state index is 0.0883. The number of aryl methyl sites for hydroxylation is 1. The number of ether oxygens (including phenoxy) is 2. The van der Waals surface area contributed by atoms with E-state index in [1.165, 1.54) is 0 Å². The molecular weight excluding hydrogens is 521 g/mol. The summed E-state index contributed by atoms with van der Waals surface area (Å²) in [6.07, 6.45) is 1.41.